The number of rotatable bonds is 33. The van der Waals surface area contributed by atoms with E-state index in [1.807, 2.05) is 13.8 Å². The third-order valence-electron chi connectivity index (χ3n) is 4.26. The van der Waals surface area contributed by atoms with Crippen LogP contribution >= 0.6 is 0 Å². The highest BCUT2D eigenvalue weighted by molar-refractivity contribution is 4.39. The summed E-state index contributed by atoms with van der Waals surface area (Å²) >= 11 is 0. The second-order valence-corrected chi connectivity index (χ2v) is 7.77. The molecule has 0 aliphatic heterocycles. The summed E-state index contributed by atoms with van der Waals surface area (Å²) in [6, 6.07) is 0. The first-order chi connectivity index (χ1) is 18.3. The lowest BCUT2D eigenvalue weighted by atomic mass is 10.5. The summed E-state index contributed by atoms with van der Waals surface area (Å²) in [7, 11) is 0. The summed E-state index contributed by atoms with van der Waals surface area (Å²) in [5.74, 6) is 0. The molecule has 0 bridgehead atoms. The third-order valence-corrected chi connectivity index (χ3v) is 4.26. The highest BCUT2D eigenvalue weighted by atomic mass is 16.6. The molecule has 1 N–H and O–H groups in total. The van der Waals surface area contributed by atoms with E-state index < -0.39 is 0 Å². The summed E-state index contributed by atoms with van der Waals surface area (Å²) in [5.41, 5.74) is 0. The Morgan fingerprint density at radius 2 is 0.514 bits per heavy atom. The number of ether oxygens (including phenoxy) is 11. The van der Waals surface area contributed by atoms with Crippen LogP contribution in [-0.4, -0.2) is 157 Å². The molecule has 37 heavy (non-hydrogen) atoms. The molecule has 0 aromatic rings. The van der Waals surface area contributed by atoms with E-state index in [9.17, 15) is 0 Å². The second kappa shape index (κ2) is 33.5. The van der Waals surface area contributed by atoms with Crippen molar-refractivity contribution in [1.82, 2.24) is 0 Å². The molecule has 0 rings (SSSR count). The van der Waals surface area contributed by atoms with Crippen molar-refractivity contribution in [2.75, 3.05) is 145 Å². The van der Waals surface area contributed by atoms with Gasteiger partial charge in [-0.3, -0.25) is 0 Å². The fourth-order valence-corrected chi connectivity index (χ4v) is 2.49. The summed E-state index contributed by atoms with van der Waals surface area (Å²) < 4.78 is 59.2. The van der Waals surface area contributed by atoms with Gasteiger partial charge in [-0.05, 0) is 13.8 Å². The molecule has 12 heteroatoms. The molecular formula is C25H52O12. The summed E-state index contributed by atoms with van der Waals surface area (Å²) in [5, 5.41) is 8.56. The van der Waals surface area contributed by atoms with Gasteiger partial charge in [0, 0.05) is 0 Å². The molecule has 224 valence electrons. The van der Waals surface area contributed by atoms with Crippen molar-refractivity contribution >= 4 is 0 Å². The van der Waals surface area contributed by atoms with Crippen LogP contribution in [0, 0.1) is 0 Å². The zero-order chi connectivity index (χ0) is 26.9. The van der Waals surface area contributed by atoms with Gasteiger partial charge in [0.15, 0.2) is 0 Å². The van der Waals surface area contributed by atoms with E-state index in [0.29, 0.717) is 139 Å². The highest BCUT2D eigenvalue weighted by Crippen LogP contribution is 1.88. The van der Waals surface area contributed by atoms with Crippen molar-refractivity contribution < 1.29 is 57.2 Å². The molecule has 0 radical (unpaired) electrons. The van der Waals surface area contributed by atoms with E-state index in [-0.39, 0.29) is 12.7 Å². The van der Waals surface area contributed by atoms with E-state index in [2.05, 4.69) is 0 Å². The number of hydrogen-bond donors (Lipinski definition) is 1. The van der Waals surface area contributed by atoms with Crippen LogP contribution in [0.3, 0.4) is 0 Å². The Kier molecular flexibility index (Phi) is 33.1. The lowest BCUT2D eigenvalue weighted by Crippen LogP contribution is -2.15. The van der Waals surface area contributed by atoms with Crippen molar-refractivity contribution in [1.29, 1.82) is 0 Å². The predicted molar refractivity (Wildman–Crippen MR) is 136 cm³/mol. The van der Waals surface area contributed by atoms with Crippen LogP contribution in [0.2, 0.25) is 0 Å². The molecule has 0 aromatic heterocycles. The average molecular weight is 545 g/mol. The Hall–Kier alpha value is -0.480. The van der Waals surface area contributed by atoms with E-state index >= 15 is 0 Å². The Morgan fingerprint density at radius 3 is 0.703 bits per heavy atom. The first kappa shape index (κ1) is 36.5. The van der Waals surface area contributed by atoms with Crippen molar-refractivity contribution in [3.63, 3.8) is 0 Å². The minimum atomic E-state index is 0.0281. The SMILES string of the molecule is CC(C)OCCOCCOCCOCCOCCOCCOCCOCCOCCOCCOCCO. The first-order valence-corrected chi connectivity index (χ1v) is 13.3. The molecule has 0 fully saturated rings. The fourth-order valence-electron chi connectivity index (χ4n) is 2.49. The maximum absolute atomic E-state index is 8.56. The van der Waals surface area contributed by atoms with Gasteiger partial charge in [0.05, 0.1) is 151 Å². The Balaban J connectivity index is 3.01. The van der Waals surface area contributed by atoms with Crippen LogP contribution in [0.1, 0.15) is 13.8 Å². The van der Waals surface area contributed by atoms with Crippen LogP contribution in [0.25, 0.3) is 0 Å². The average Bonchev–Trinajstić information content (AvgIpc) is 2.89. The van der Waals surface area contributed by atoms with Crippen LogP contribution < -0.4 is 0 Å². The lowest BCUT2D eigenvalue weighted by Gasteiger charge is -2.09. The van der Waals surface area contributed by atoms with Gasteiger partial charge in [-0.15, -0.1) is 0 Å². The molecule has 0 spiro atoms. The fraction of sp³-hybridized carbons (Fsp3) is 1.00. The van der Waals surface area contributed by atoms with E-state index in [1.165, 1.54) is 0 Å². The zero-order valence-electron chi connectivity index (χ0n) is 23.1. The van der Waals surface area contributed by atoms with Crippen molar-refractivity contribution in [2.24, 2.45) is 0 Å². The molecule has 0 aliphatic carbocycles. The number of aliphatic hydroxyl groups is 1. The van der Waals surface area contributed by atoms with Gasteiger partial charge in [0.25, 0.3) is 0 Å². The predicted octanol–water partition coefficient (Wildman–Crippen LogP) is 0.570. The van der Waals surface area contributed by atoms with Gasteiger partial charge in [0.2, 0.25) is 0 Å². The summed E-state index contributed by atoms with van der Waals surface area (Å²) in [6.07, 6.45) is 0.233. The van der Waals surface area contributed by atoms with Gasteiger partial charge >= 0.3 is 0 Å². The normalized spacial score (nSPS) is 11.7. The Morgan fingerprint density at radius 1 is 0.324 bits per heavy atom. The van der Waals surface area contributed by atoms with E-state index in [0.717, 1.165) is 0 Å². The first-order valence-electron chi connectivity index (χ1n) is 13.3. The minimum Gasteiger partial charge on any atom is -0.394 e. The van der Waals surface area contributed by atoms with Gasteiger partial charge < -0.3 is 57.2 Å². The van der Waals surface area contributed by atoms with Crippen molar-refractivity contribution in [3.8, 4) is 0 Å². The second-order valence-electron chi connectivity index (χ2n) is 7.77. The molecule has 0 unspecified atom stereocenters. The maximum Gasteiger partial charge on any atom is 0.0703 e. The molecule has 0 saturated carbocycles. The topological polar surface area (TPSA) is 122 Å². The Bertz CT molecular complexity index is 404. The van der Waals surface area contributed by atoms with Gasteiger partial charge in [0.1, 0.15) is 0 Å². The summed E-state index contributed by atoms with van der Waals surface area (Å²) in [4.78, 5) is 0. The van der Waals surface area contributed by atoms with Gasteiger partial charge in [-0.1, -0.05) is 0 Å². The minimum absolute atomic E-state index is 0.0281. The molecule has 0 heterocycles. The molecule has 0 amide bonds. The third kappa shape index (κ3) is 35.5. The number of aliphatic hydroxyl groups excluding tert-OH is 1. The molecule has 0 aromatic carbocycles. The summed E-state index contributed by atoms with van der Waals surface area (Å²) in [6.45, 7) is 14.9. The van der Waals surface area contributed by atoms with Crippen molar-refractivity contribution in [3.05, 3.63) is 0 Å². The molecule has 12 nitrogen and oxygen atoms in total. The van der Waals surface area contributed by atoms with E-state index in [1.54, 1.807) is 0 Å². The van der Waals surface area contributed by atoms with Gasteiger partial charge in [-0.2, -0.15) is 0 Å². The molecule has 0 atom stereocenters. The maximum atomic E-state index is 8.56. The standard InChI is InChI=1S/C25H52O12/c1-25(2)37-24-23-36-22-21-35-20-19-34-18-17-33-16-15-32-14-13-31-12-11-30-10-9-29-8-7-28-6-5-27-4-3-26/h25-26H,3-24H2,1-2H3. The Labute approximate surface area is 223 Å². The molecular weight excluding hydrogens is 492 g/mol. The van der Waals surface area contributed by atoms with Crippen molar-refractivity contribution in [2.45, 2.75) is 20.0 Å². The van der Waals surface area contributed by atoms with Crippen LogP contribution in [0.4, 0.5) is 0 Å². The quantitative estimate of drug-likeness (QED) is 0.116. The van der Waals surface area contributed by atoms with E-state index in [4.69, 9.17) is 57.2 Å². The largest absolute Gasteiger partial charge is 0.394 e. The lowest BCUT2D eigenvalue weighted by molar-refractivity contribution is -0.0289. The van der Waals surface area contributed by atoms with Crippen LogP contribution in [0.15, 0.2) is 0 Å². The highest BCUT2D eigenvalue weighted by Gasteiger charge is 1.96. The number of hydrogen-bond acceptors (Lipinski definition) is 12. The smallest absolute Gasteiger partial charge is 0.0703 e. The zero-order valence-corrected chi connectivity index (χ0v) is 23.1. The van der Waals surface area contributed by atoms with Gasteiger partial charge in [-0.25, -0.2) is 0 Å². The van der Waals surface area contributed by atoms with Crippen LogP contribution in [0.5, 0.6) is 0 Å². The molecule has 0 saturated heterocycles. The monoisotopic (exact) mass is 544 g/mol. The van der Waals surface area contributed by atoms with Crippen LogP contribution in [-0.2, 0) is 52.1 Å². The molecule has 0 aliphatic rings.